The fraction of sp³-hybridized carbons (Fsp3) is 0.727. The van der Waals surface area contributed by atoms with Crippen LogP contribution in [0.1, 0.15) is 41.0 Å². The number of ether oxygens (including phenoxy) is 1. The third-order valence-electron chi connectivity index (χ3n) is 2.03. The molecule has 0 aromatic heterocycles. The van der Waals surface area contributed by atoms with Crippen LogP contribution in [-0.4, -0.2) is 22.5 Å². The third kappa shape index (κ3) is 5.48. The number of hydrogen-bond acceptors (Lipinski definition) is 4. The molecule has 16 heavy (non-hydrogen) atoms. The quantitative estimate of drug-likeness (QED) is 0.314. The van der Waals surface area contributed by atoms with Gasteiger partial charge in [0.25, 0.3) is 0 Å². The van der Waals surface area contributed by atoms with Gasteiger partial charge in [-0.05, 0) is 19.9 Å². The minimum Gasteiger partial charge on any atom is -0.458 e. The van der Waals surface area contributed by atoms with E-state index in [9.17, 15) is 14.9 Å². The van der Waals surface area contributed by atoms with Crippen LogP contribution >= 0.6 is 0 Å². The lowest BCUT2D eigenvalue weighted by Gasteiger charge is -2.21. The summed E-state index contributed by atoms with van der Waals surface area (Å²) in [5.41, 5.74) is -0.142. The standard InChI is InChI=1S/C11H19NO4/c1-8(2)6-10(16-9(3)13)7-11(4,5)12(14)15/h6,10H,7H2,1-5H3. The Labute approximate surface area is 95.6 Å². The van der Waals surface area contributed by atoms with Crippen molar-refractivity contribution in [1.82, 2.24) is 0 Å². The predicted octanol–water partition coefficient (Wildman–Crippen LogP) is 2.33. The van der Waals surface area contributed by atoms with Crippen molar-refractivity contribution in [2.24, 2.45) is 0 Å². The second-order valence-corrected chi connectivity index (χ2v) is 4.67. The van der Waals surface area contributed by atoms with Gasteiger partial charge in [0.2, 0.25) is 5.54 Å². The molecule has 0 aliphatic heterocycles. The molecular weight excluding hydrogens is 210 g/mol. The molecule has 0 amide bonds. The van der Waals surface area contributed by atoms with Crippen LogP contribution in [0.4, 0.5) is 0 Å². The summed E-state index contributed by atoms with van der Waals surface area (Å²) >= 11 is 0. The van der Waals surface area contributed by atoms with Gasteiger partial charge in [0.1, 0.15) is 6.10 Å². The average molecular weight is 229 g/mol. The largest absolute Gasteiger partial charge is 0.458 e. The Balaban J connectivity index is 4.73. The average Bonchev–Trinajstić information content (AvgIpc) is 1.99. The Morgan fingerprint density at radius 2 is 1.94 bits per heavy atom. The van der Waals surface area contributed by atoms with Crippen LogP contribution in [0.2, 0.25) is 0 Å². The molecule has 92 valence electrons. The van der Waals surface area contributed by atoms with E-state index < -0.39 is 17.6 Å². The fourth-order valence-electron chi connectivity index (χ4n) is 1.29. The van der Waals surface area contributed by atoms with E-state index in [1.807, 2.05) is 13.8 Å². The Morgan fingerprint density at radius 3 is 2.25 bits per heavy atom. The van der Waals surface area contributed by atoms with Gasteiger partial charge < -0.3 is 4.74 Å². The zero-order valence-electron chi connectivity index (χ0n) is 10.4. The molecule has 0 bridgehead atoms. The van der Waals surface area contributed by atoms with Crippen molar-refractivity contribution in [3.63, 3.8) is 0 Å². The first-order chi connectivity index (χ1) is 7.15. The van der Waals surface area contributed by atoms with E-state index in [1.54, 1.807) is 6.08 Å². The number of hydrogen-bond donors (Lipinski definition) is 0. The summed E-state index contributed by atoms with van der Waals surface area (Å²) in [4.78, 5) is 21.3. The lowest BCUT2D eigenvalue weighted by Crippen LogP contribution is -2.36. The number of carbonyl (C=O) groups excluding carboxylic acids is 1. The van der Waals surface area contributed by atoms with E-state index in [0.717, 1.165) is 5.57 Å². The smallest absolute Gasteiger partial charge is 0.303 e. The van der Waals surface area contributed by atoms with E-state index >= 15 is 0 Å². The van der Waals surface area contributed by atoms with Crippen molar-refractivity contribution >= 4 is 5.97 Å². The topological polar surface area (TPSA) is 69.4 Å². The van der Waals surface area contributed by atoms with Gasteiger partial charge >= 0.3 is 5.97 Å². The van der Waals surface area contributed by atoms with Gasteiger partial charge in [0.15, 0.2) is 0 Å². The summed E-state index contributed by atoms with van der Waals surface area (Å²) in [6.45, 7) is 8.04. The normalized spacial score (nSPS) is 12.8. The Hall–Kier alpha value is -1.39. The monoisotopic (exact) mass is 229 g/mol. The fourth-order valence-corrected chi connectivity index (χ4v) is 1.29. The maximum absolute atomic E-state index is 10.9. The molecule has 5 nitrogen and oxygen atoms in total. The molecule has 0 spiro atoms. The summed E-state index contributed by atoms with van der Waals surface area (Å²) in [5, 5.41) is 10.8. The summed E-state index contributed by atoms with van der Waals surface area (Å²) in [6, 6.07) is 0. The van der Waals surface area contributed by atoms with Crippen LogP contribution < -0.4 is 0 Å². The summed E-state index contributed by atoms with van der Waals surface area (Å²) in [6.07, 6.45) is 1.36. The molecule has 0 aliphatic carbocycles. The molecule has 0 saturated heterocycles. The van der Waals surface area contributed by atoms with Gasteiger partial charge in [0, 0.05) is 25.7 Å². The van der Waals surface area contributed by atoms with Crippen LogP contribution in [0.3, 0.4) is 0 Å². The number of nitrogens with zero attached hydrogens (tertiary/aromatic N) is 1. The second kappa shape index (κ2) is 5.63. The molecule has 0 radical (unpaired) electrons. The lowest BCUT2D eigenvalue weighted by molar-refractivity contribution is -0.562. The maximum Gasteiger partial charge on any atom is 0.303 e. The zero-order valence-corrected chi connectivity index (χ0v) is 10.4. The van der Waals surface area contributed by atoms with E-state index in [4.69, 9.17) is 4.74 Å². The Kier molecular flexibility index (Phi) is 5.14. The SMILES string of the molecule is CC(=O)OC(C=C(C)C)CC(C)(C)[N+](=O)[O-]. The minimum atomic E-state index is -1.11. The van der Waals surface area contributed by atoms with Crippen LogP contribution in [-0.2, 0) is 9.53 Å². The van der Waals surface area contributed by atoms with Crippen molar-refractivity contribution in [1.29, 1.82) is 0 Å². The number of esters is 1. The van der Waals surface area contributed by atoms with Gasteiger partial charge in [-0.3, -0.25) is 14.9 Å². The van der Waals surface area contributed by atoms with Crippen molar-refractivity contribution in [2.75, 3.05) is 0 Å². The van der Waals surface area contributed by atoms with Gasteiger partial charge in [0.05, 0.1) is 6.42 Å². The molecule has 0 fully saturated rings. The van der Waals surface area contributed by atoms with Crippen molar-refractivity contribution in [3.8, 4) is 0 Å². The predicted molar refractivity (Wildman–Crippen MR) is 60.7 cm³/mol. The molecule has 0 N–H and O–H groups in total. The first-order valence-electron chi connectivity index (χ1n) is 5.12. The molecule has 0 aromatic rings. The Bertz CT molecular complexity index is 303. The highest BCUT2D eigenvalue weighted by molar-refractivity contribution is 5.66. The van der Waals surface area contributed by atoms with Crippen LogP contribution in [0.15, 0.2) is 11.6 Å². The van der Waals surface area contributed by atoms with Crippen molar-refractivity contribution < 1.29 is 14.5 Å². The van der Waals surface area contributed by atoms with Crippen molar-refractivity contribution in [3.05, 3.63) is 21.8 Å². The van der Waals surface area contributed by atoms with Crippen LogP contribution in [0, 0.1) is 10.1 Å². The van der Waals surface area contributed by atoms with Crippen LogP contribution in [0.5, 0.6) is 0 Å². The molecular formula is C11H19NO4. The molecule has 0 saturated carbocycles. The second-order valence-electron chi connectivity index (χ2n) is 4.67. The third-order valence-corrected chi connectivity index (χ3v) is 2.03. The summed E-state index contributed by atoms with van der Waals surface area (Å²) in [5.74, 6) is -0.429. The van der Waals surface area contributed by atoms with Crippen LogP contribution in [0.25, 0.3) is 0 Å². The number of allylic oxidation sites excluding steroid dienone is 1. The minimum absolute atomic E-state index is 0.171. The van der Waals surface area contributed by atoms with E-state index in [0.29, 0.717) is 0 Å². The molecule has 0 aromatic carbocycles. The van der Waals surface area contributed by atoms with Gasteiger partial charge in [-0.15, -0.1) is 0 Å². The van der Waals surface area contributed by atoms with Gasteiger partial charge in [-0.25, -0.2) is 0 Å². The zero-order chi connectivity index (χ0) is 12.9. The van der Waals surface area contributed by atoms with Crippen molar-refractivity contribution in [2.45, 2.75) is 52.7 Å². The van der Waals surface area contributed by atoms with Gasteiger partial charge in [-0.1, -0.05) is 5.57 Å². The first-order valence-corrected chi connectivity index (χ1v) is 5.12. The highest BCUT2D eigenvalue weighted by atomic mass is 16.6. The number of carbonyl (C=O) groups is 1. The van der Waals surface area contributed by atoms with Gasteiger partial charge in [-0.2, -0.15) is 0 Å². The highest BCUT2D eigenvalue weighted by Crippen LogP contribution is 2.19. The summed E-state index contributed by atoms with van der Waals surface area (Å²) < 4.78 is 5.03. The number of rotatable bonds is 5. The molecule has 5 heteroatoms. The highest BCUT2D eigenvalue weighted by Gasteiger charge is 2.34. The molecule has 0 aliphatic rings. The molecule has 1 unspecified atom stereocenters. The van der Waals surface area contributed by atoms with E-state index in [1.165, 1.54) is 20.8 Å². The lowest BCUT2D eigenvalue weighted by atomic mass is 9.96. The van der Waals surface area contributed by atoms with E-state index in [2.05, 4.69) is 0 Å². The molecule has 0 heterocycles. The summed E-state index contributed by atoms with van der Waals surface area (Å²) in [7, 11) is 0. The maximum atomic E-state index is 10.9. The molecule has 1 atom stereocenters. The molecule has 0 rings (SSSR count). The Morgan fingerprint density at radius 1 is 1.44 bits per heavy atom. The van der Waals surface area contributed by atoms with E-state index in [-0.39, 0.29) is 11.3 Å². The number of nitro groups is 1. The first kappa shape index (κ1) is 14.6.